The number of fused-ring (bicyclic) bond motifs is 1. The summed E-state index contributed by atoms with van der Waals surface area (Å²) in [5.41, 5.74) is -0.274. The number of benzene rings is 2. The summed E-state index contributed by atoms with van der Waals surface area (Å²) in [4.78, 5) is 53.0. The highest BCUT2D eigenvalue weighted by molar-refractivity contribution is 8.03. The average Bonchev–Trinajstić information content (AvgIpc) is 3.44. The normalized spacial score (nSPS) is 26.2. The highest BCUT2D eigenvalue weighted by atomic mass is 32.2. The molecule has 0 radical (unpaired) electrons. The van der Waals surface area contributed by atoms with Crippen molar-refractivity contribution in [3.63, 3.8) is 0 Å². The summed E-state index contributed by atoms with van der Waals surface area (Å²) < 4.78 is 41.4. The van der Waals surface area contributed by atoms with Gasteiger partial charge in [0.15, 0.2) is 0 Å². The molecule has 2 aromatic rings. The fourth-order valence-corrected chi connectivity index (χ4v) is 7.88. The largest absolute Gasteiger partial charge is 0.477 e. The molecule has 3 heterocycles. The van der Waals surface area contributed by atoms with Gasteiger partial charge in [0.1, 0.15) is 12.0 Å². The number of alkyl halides is 3. The minimum atomic E-state index is -4.60. The number of nitrogens with zero attached hydrogens (tertiary/aromatic N) is 2. The lowest BCUT2D eigenvalue weighted by molar-refractivity contribution is -0.163. The SMILES string of the molecule is C[C@@H](O)[C@H]1C(=O)N2C(C(=O)O)=C(S[C@H]3C[C@@H](C(=O)Nc4cccc(C=O)c4)N(Cc4ccccc4C(F)(F)F)C3)[C@H](C)[C@H]12. The molecule has 13 heteroatoms. The van der Waals surface area contributed by atoms with E-state index in [-0.39, 0.29) is 36.0 Å². The molecule has 2 fully saturated rings. The molecule has 0 bridgehead atoms. The van der Waals surface area contributed by atoms with Gasteiger partial charge in [-0.1, -0.05) is 37.3 Å². The number of hydrogen-bond acceptors (Lipinski definition) is 7. The number of carboxylic acid groups (broad SMARTS) is 1. The van der Waals surface area contributed by atoms with Crippen molar-refractivity contribution in [2.24, 2.45) is 11.8 Å². The quantitative estimate of drug-likeness (QED) is 0.285. The number of rotatable bonds is 9. The molecule has 2 aromatic carbocycles. The summed E-state index contributed by atoms with van der Waals surface area (Å²) in [6, 6.07) is 10.0. The van der Waals surface area contributed by atoms with Gasteiger partial charge in [0.25, 0.3) is 0 Å². The molecule has 228 valence electrons. The van der Waals surface area contributed by atoms with Crippen LogP contribution in [-0.4, -0.2) is 74.1 Å². The Balaban J connectivity index is 1.43. The summed E-state index contributed by atoms with van der Waals surface area (Å²) in [5, 5.41) is 22.5. The number of carbonyl (C=O) groups is 4. The summed E-state index contributed by atoms with van der Waals surface area (Å²) in [5.74, 6) is -3.36. The zero-order valence-corrected chi connectivity index (χ0v) is 24.1. The van der Waals surface area contributed by atoms with Gasteiger partial charge in [-0.2, -0.15) is 13.2 Å². The van der Waals surface area contributed by atoms with Gasteiger partial charge in [-0.25, -0.2) is 4.79 Å². The second kappa shape index (κ2) is 11.8. The topological polar surface area (TPSA) is 127 Å². The maximum atomic E-state index is 13.8. The van der Waals surface area contributed by atoms with Crippen molar-refractivity contribution in [3.8, 4) is 0 Å². The maximum absolute atomic E-state index is 13.8. The molecule has 0 spiro atoms. The van der Waals surface area contributed by atoms with Crippen LogP contribution in [0.2, 0.25) is 0 Å². The number of aliphatic hydroxyl groups is 1. The van der Waals surface area contributed by atoms with Gasteiger partial charge in [-0.3, -0.25) is 19.3 Å². The van der Waals surface area contributed by atoms with Crippen LogP contribution in [0.25, 0.3) is 0 Å². The number of β-lactam (4-membered cyclic amide) rings is 1. The van der Waals surface area contributed by atoms with Crippen molar-refractivity contribution >= 4 is 41.5 Å². The van der Waals surface area contributed by atoms with Crippen molar-refractivity contribution in [1.82, 2.24) is 9.80 Å². The van der Waals surface area contributed by atoms with Crippen LogP contribution in [0.15, 0.2) is 59.1 Å². The number of aliphatic hydroxyl groups excluding tert-OH is 1. The van der Waals surface area contributed by atoms with E-state index in [4.69, 9.17) is 0 Å². The van der Waals surface area contributed by atoms with E-state index in [9.17, 15) is 42.6 Å². The molecule has 2 saturated heterocycles. The van der Waals surface area contributed by atoms with Crippen LogP contribution in [0.1, 0.15) is 41.8 Å². The van der Waals surface area contributed by atoms with Crippen LogP contribution in [0.3, 0.4) is 0 Å². The fraction of sp³-hybridized carbons (Fsp3) is 0.400. The predicted molar refractivity (Wildman–Crippen MR) is 152 cm³/mol. The lowest BCUT2D eigenvalue weighted by atomic mass is 9.79. The number of nitrogens with one attached hydrogen (secondary N) is 1. The number of aldehydes is 1. The molecule has 2 amide bonds. The number of halogens is 3. The van der Waals surface area contributed by atoms with Crippen molar-refractivity contribution in [3.05, 3.63) is 75.8 Å². The van der Waals surface area contributed by atoms with Gasteiger partial charge in [-0.05, 0) is 37.1 Å². The highest BCUT2D eigenvalue weighted by Crippen LogP contribution is 2.52. The predicted octanol–water partition coefficient (Wildman–Crippen LogP) is 3.99. The molecule has 0 aromatic heterocycles. The van der Waals surface area contributed by atoms with Gasteiger partial charge < -0.3 is 20.4 Å². The van der Waals surface area contributed by atoms with Gasteiger partial charge in [0.2, 0.25) is 11.8 Å². The van der Waals surface area contributed by atoms with E-state index in [0.717, 1.165) is 6.07 Å². The minimum Gasteiger partial charge on any atom is -0.477 e. The molecule has 0 saturated carbocycles. The smallest absolute Gasteiger partial charge is 0.416 e. The van der Waals surface area contributed by atoms with E-state index in [1.54, 1.807) is 30.0 Å². The number of thioether (sulfide) groups is 1. The van der Waals surface area contributed by atoms with Crippen molar-refractivity contribution in [1.29, 1.82) is 0 Å². The summed E-state index contributed by atoms with van der Waals surface area (Å²) >= 11 is 1.21. The monoisotopic (exact) mass is 617 g/mol. The first-order valence-electron chi connectivity index (χ1n) is 13.7. The van der Waals surface area contributed by atoms with Crippen molar-refractivity contribution < 1.29 is 42.6 Å². The van der Waals surface area contributed by atoms with E-state index in [1.165, 1.54) is 47.9 Å². The molecule has 3 aliphatic heterocycles. The second-order valence-corrected chi connectivity index (χ2v) is 12.4. The van der Waals surface area contributed by atoms with Gasteiger partial charge >= 0.3 is 12.1 Å². The van der Waals surface area contributed by atoms with Crippen LogP contribution in [0, 0.1) is 11.8 Å². The summed E-state index contributed by atoms with van der Waals surface area (Å²) in [7, 11) is 0. The van der Waals surface area contributed by atoms with E-state index < -0.39 is 59.5 Å². The van der Waals surface area contributed by atoms with Gasteiger partial charge in [-0.15, -0.1) is 11.8 Å². The molecular formula is C30H30F3N3O6S. The Morgan fingerprint density at radius 1 is 1.19 bits per heavy atom. The Hall–Kier alpha value is -3.68. The van der Waals surface area contributed by atoms with E-state index in [0.29, 0.717) is 22.4 Å². The van der Waals surface area contributed by atoms with Crippen LogP contribution in [-0.2, 0) is 27.1 Å². The molecule has 0 unspecified atom stereocenters. The molecule has 5 rings (SSSR count). The first kappa shape index (κ1) is 30.8. The number of carboxylic acids is 1. The van der Waals surface area contributed by atoms with Crippen LogP contribution in [0.4, 0.5) is 18.9 Å². The Morgan fingerprint density at radius 2 is 1.91 bits per heavy atom. The zero-order chi connectivity index (χ0) is 31.2. The summed E-state index contributed by atoms with van der Waals surface area (Å²) in [6.45, 7) is 3.26. The molecule has 0 aliphatic carbocycles. The lowest BCUT2D eigenvalue weighted by Crippen LogP contribution is -2.63. The average molecular weight is 618 g/mol. The van der Waals surface area contributed by atoms with Crippen LogP contribution in [0.5, 0.6) is 0 Å². The summed E-state index contributed by atoms with van der Waals surface area (Å²) in [6.07, 6.45) is -4.74. The van der Waals surface area contributed by atoms with E-state index in [1.807, 2.05) is 0 Å². The van der Waals surface area contributed by atoms with E-state index >= 15 is 0 Å². The lowest BCUT2D eigenvalue weighted by Gasteiger charge is -2.46. The fourth-order valence-electron chi connectivity index (χ4n) is 6.32. The third kappa shape index (κ3) is 5.80. The molecule has 9 nitrogen and oxygen atoms in total. The standard InChI is InChI=1S/C30H30F3N3O6S/c1-15-24-23(16(2)38)28(40)36(24)25(29(41)42)26(15)43-20-11-22(27(39)34-19-8-5-6-17(10-19)14-37)35(13-20)12-18-7-3-4-9-21(18)30(31,32)33/h3-10,14-16,20,22-24,38H,11-13H2,1-2H3,(H,34,39)(H,41,42)/t15-,16-,20+,22+,23-,24-/m1/s1. The van der Waals surface area contributed by atoms with Gasteiger partial charge in [0.05, 0.1) is 29.7 Å². The second-order valence-electron chi connectivity index (χ2n) is 11.1. The molecular weight excluding hydrogens is 587 g/mol. The zero-order valence-electron chi connectivity index (χ0n) is 23.2. The first-order valence-corrected chi connectivity index (χ1v) is 14.6. The Morgan fingerprint density at radius 3 is 2.56 bits per heavy atom. The van der Waals surface area contributed by atoms with Crippen LogP contribution >= 0.6 is 11.8 Å². The maximum Gasteiger partial charge on any atom is 0.416 e. The third-order valence-corrected chi connectivity index (χ3v) is 9.75. The number of aliphatic carboxylic acids is 1. The minimum absolute atomic E-state index is 0.00407. The van der Waals surface area contributed by atoms with Crippen LogP contribution < -0.4 is 5.32 Å². The molecule has 6 atom stereocenters. The molecule has 3 N–H and O–H groups in total. The molecule has 43 heavy (non-hydrogen) atoms. The first-order chi connectivity index (χ1) is 20.3. The third-order valence-electron chi connectivity index (χ3n) is 8.26. The number of amides is 2. The Kier molecular flexibility index (Phi) is 8.43. The highest BCUT2D eigenvalue weighted by Gasteiger charge is 2.60. The van der Waals surface area contributed by atoms with Gasteiger partial charge in [0, 0.05) is 40.4 Å². The number of hydrogen-bond donors (Lipinski definition) is 3. The number of carbonyl (C=O) groups excluding carboxylic acids is 3. The van der Waals surface area contributed by atoms with E-state index in [2.05, 4.69) is 5.32 Å². The number of likely N-dealkylation sites (tertiary alicyclic amines) is 1. The van der Waals surface area contributed by atoms with Crippen molar-refractivity contribution in [2.75, 3.05) is 11.9 Å². The van der Waals surface area contributed by atoms with Crippen molar-refractivity contribution in [2.45, 2.75) is 56.4 Å². The Bertz CT molecular complexity index is 1500. The molecule has 3 aliphatic rings. The Labute approximate surface area is 249 Å². The number of anilines is 1.